The molecule has 98 valence electrons. The van der Waals surface area contributed by atoms with Crippen LogP contribution in [0.2, 0.25) is 10.0 Å². The van der Waals surface area contributed by atoms with Crippen molar-refractivity contribution in [1.29, 1.82) is 0 Å². The first kappa shape index (κ1) is 12.7. The number of rotatable bonds is 1. The van der Waals surface area contributed by atoms with Crippen LogP contribution in [0.1, 0.15) is 17.7 Å². The molecule has 2 N–H and O–H groups in total. The SMILES string of the molecule is NC1(c2ccc(Cl)c(Cl)c2)CCOc2cccnc21. The van der Waals surface area contributed by atoms with E-state index in [1.807, 2.05) is 18.2 Å². The fourth-order valence-corrected chi connectivity index (χ4v) is 2.64. The molecule has 19 heavy (non-hydrogen) atoms. The highest BCUT2D eigenvalue weighted by atomic mass is 35.5. The summed E-state index contributed by atoms with van der Waals surface area (Å²) >= 11 is 12.0. The molecule has 3 rings (SSSR count). The Bertz CT molecular complexity index is 633. The lowest BCUT2D eigenvalue weighted by molar-refractivity contribution is 0.232. The Morgan fingerprint density at radius 3 is 2.84 bits per heavy atom. The first-order valence-electron chi connectivity index (χ1n) is 5.94. The largest absolute Gasteiger partial charge is 0.491 e. The van der Waals surface area contributed by atoms with E-state index < -0.39 is 5.54 Å². The number of hydrogen-bond donors (Lipinski definition) is 1. The third kappa shape index (κ3) is 2.08. The molecule has 0 amide bonds. The molecule has 1 aromatic heterocycles. The quantitative estimate of drug-likeness (QED) is 0.877. The van der Waals surface area contributed by atoms with E-state index >= 15 is 0 Å². The lowest BCUT2D eigenvalue weighted by atomic mass is 9.82. The summed E-state index contributed by atoms with van der Waals surface area (Å²) in [7, 11) is 0. The van der Waals surface area contributed by atoms with Gasteiger partial charge in [-0.1, -0.05) is 29.3 Å². The zero-order chi connectivity index (χ0) is 13.5. The molecular formula is C14H12Cl2N2O. The van der Waals surface area contributed by atoms with Crippen molar-refractivity contribution in [3.05, 3.63) is 57.8 Å². The lowest BCUT2D eigenvalue weighted by Gasteiger charge is -2.34. The average Bonchev–Trinajstić information content (AvgIpc) is 2.42. The molecule has 3 nitrogen and oxygen atoms in total. The summed E-state index contributed by atoms with van der Waals surface area (Å²) in [5, 5.41) is 1.01. The first-order valence-corrected chi connectivity index (χ1v) is 6.69. The molecule has 0 radical (unpaired) electrons. The van der Waals surface area contributed by atoms with Gasteiger partial charge < -0.3 is 10.5 Å². The number of halogens is 2. The molecule has 0 saturated carbocycles. The van der Waals surface area contributed by atoms with Crippen molar-refractivity contribution in [1.82, 2.24) is 4.98 Å². The van der Waals surface area contributed by atoms with Crippen LogP contribution in [0.4, 0.5) is 0 Å². The number of nitrogens with zero attached hydrogens (tertiary/aromatic N) is 1. The molecule has 5 heteroatoms. The van der Waals surface area contributed by atoms with E-state index in [0.29, 0.717) is 23.1 Å². The molecule has 1 aromatic carbocycles. The fourth-order valence-electron chi connectivity index (χ4n) is 2.34. The van der Waals surface area contributed by atoms with Crippen molar-refractivity contribution in [3.8, 4) is 5.75 Å². The second kappa shape index (κ2) is 4.67. The van der Waals surface area contributed by atoms with E-state index in [-0.39, 0.29) is 0 Å². The van der Waals surface area contributed by atoms with Crippen molar-refractivity contribution in [2.45, 2.75) is 12.0 Å². The summed E-state index contributed by atoms with van der Waals surface area (Å²) < 4.78 is 5.59. The van der Waals surface area contributed by atoms with Crippen LogP contribution >= 0.6 is 23.2 Å². The van der Waals surface area contributed by atoms with Crippen molar-refractivity contribution in [2.24, 2.45) is 5.73 Å². The third-order valence-electron chi connectivity index (χ3n) is 3.38. The Labute approximate surface area is 121 Å². The smallest absolute Gasteiger partial charge is 0.143 e. The van der Waals surface area contributed by atoms with Crippen LogP contribution in [-0.4, -0.2) is 11.6 Å². The Hall–Kier alpha value is -1.29. The molecule has 1 unspecified atom stereocenters. The van der Waals surface area contributed by atoms with Crippen molar-refractivity contribution >= 4 is 23.2 Å². The Morgan fingerprint density at radius 1 is 1.21 bits per heavy atom. The van der Waals surface area contributed by atoms with Crippen molar-refractivity contribution in [3.63, 3.8) is 0 Å². The maximum atomic E-state index is 6.57. The second-order valence-electron chi connectivity index (χ2n) is 4.55. The highest BCUT2D eigenvalue weighted by molar-refractivity contribution is 6.42. The molecule has 0 spiro atoms. The van der Waals surface area contributed by atoms with Crippen LogP contribution in [0.3, 0.4) is 0 Å². The summed E-state index contributed by atoms with van der Waals surface area (Å²) in [6.45, 7) is 0.551. The Balaban J connectivity index is 2.16. The van der Waals surface area contributed by atoms with Crippen LogP contribution in [0, 0.1) is 0 Å². The highest BCUT2D eigenvalue weighted by Crippen LogP contribution is 2.39. The average molecular weight is 295 g/mol. The number of hydrogen-bond acceptors (Lipinski definition) is 3. The first-order chi connectivity index (χ1) is 9.11. The summed E-state index contributed by atoms with van der Waals surface area (Å²) in [4.78, 5) is 4.37. The van der Waals surface area contributed by atoms with Gasteiger partial charge in [0, 0.05) is 12.6 Å². The van der Waals surface area contributed by atoms with E-state index in [1.54, 1.807) is 18.3 Å². The summed E-state index contributed by atoms with van der Waals surface area (Å²) in [6.07, 6.45) is 2.36. The van der Waals surface area contributed by atoms with Crippen LogP contribution in [0.5, 0.6) is 5.75 Å². The van der Waals surface area contributed by atoms with Crippen LogP contribution < -0.4 is 10.5 Å². The van der Waals surface area contributed by atoms with Gasteiger partial charge in [0.2, 0.25) is 0 Å². The lowest BCUT2D eigenvalue weighted by Crippen LogP contribution is -2.43. The molecule has 0 saturated heterocycles. The van der Waals surface area contributed by atoms with Gasteiger partial charge in [0.15, 0.2) is 0 Å². The van der Waals surface area contributed by atoms with E-state index in [0.717, 1.165) is 17.0 Å². The van der Waals surface area contributed by atoms with Gasteiger partial charge in [-0.2, -0.15) is 0 Å². The standard InChI is InChI=1S/C14H12Cl2N2O/c15-10-4-3-9(8-11(10)16)14(17)5-7-19-12-2-1-6-18-13(12)14/h1-4,6,8H,5,7,17H2. The number of ether oxygens (including phenoxy) is 1. The molecule has 1 atom stereocenters. The second-order valence-corrected chi connectivity index (χ2v) is 5.36. The number of fused-ring (bicyclic) bond motifs is 1. The monoisotopic (exact) mass is 294 g/mol. The van der Waals surface area contributed by atoms with Gasteiger partial charge in [-0.15, -0.1) is 0 Å². The minimum Gasteiger partial charge on any atom is -0.491 e. The fraction of sp³-hybridized carbons (Fsp3) is 0.214. The number of nitrogens with two attached hydrogens (primary N) is 1. The molecule has 0 aliphatic carbocycles. The number of benzene rings is 1. The molecule has 2 aromatic rings. The molecule has 1 aliphatic heterocycles. The van der Waals surface area contributed by atoms with Gasteiger partial charge in [-0.25, -0.2) is 0 Å². The van der Waals surface area contributed by atoms with E-state index in [4.69, 9.17) is 33.7 Å². The van der Waals surface area contributed by atoms with Gasteiger partial charge >= 0.3 is 0 Å². The molecule has 0 fully saturated rings. The van der Waals surface area contributed by atoms with Crippen molar-refractivity contribution < 1.29 is 4.74 Å². The van der Waals surface area contributed by atoms with Gasteiger partial charge in [0.25, 0.3) is 0 Å². The minimum absolute atomic E-state index is 0.493. The Kier molecular flexibility index (Phi) is 3.13. The molecule has 0 bridgehead atoms. The third-order valence-corrected chi connectivity index (χ3v) is 4.12. The number of pyridine rings is 1. The zero-order valence-electron chi connectivity index (χ0n) is 10.1. The topological polar surface area (TPSA) is 48.1 Å². The normalized spacial score (nSPS) is 21.6. The molecular weight excluding hydrogens is 283 g/mol. The Morgan fingerprint density at radius 2 is 2.05 bits per heavy atom. The van der Waals surface area contributed by atoms with Gasteiger partial charge in [-0.05, 0) is 29.8 Å². The number of aromatic nitrogens is 1. The highest BCUT2D eigenvalue weighted by Gasteiger charge is 2.37. The van der Waals surface area contributed by atoms with E-state index in [9.17, 15) is 0 Å². The van der Waals surface area contributed by atoms with Gasteiger partial charge in [0.1, 0.15) is 11.4 Å². The maximum absolute atomic E-state index is 6.57. The van der Waals surface area contributed by atoms with Crippen LogP contribution in [-0.2, 0) is 5.54 Å². The van der Waals surface area contributed by atoms with Gasteiger partial charge in [-0.3, -0.25) is 4.98 Å². The summed E-state index contributed by atoms with van der Waals surface area (Å²) in [6, 6.07) is 9.15. The maximum Gasteiger partial charge on any atom is 0.143 e. The van der Waals surface area contributed by atoms with Crippen LogP contribution in [0.25, 0.3) is 0 Å². The van der Waals surface area contributed by atoms with Crippen LogP contribution in [0.15, 0.2) is 36.5 Å². The predicted molar refractivity (Wildman–Crippen MR) is 75.8 cm³/mol. The zero-order valence-corrected chi connectivity index (χ0v) is 11.6. The molecule has 1 aliphatic rings. The summed E-state index contributed by atoms with van der Waals surface area (Å²) in [5.41, 5.74) is 7.50. The minimum atomic E-state index is -0.691. The van der Waals surface area contributed by atoms with E-state index in [1.165, 1.54) is 0 Å². The predicted octanol–water partition coefficient (Wildman–Crippen LogP) is 3.37. The summed E-state index contributed by atoms with van der Waals surface area (Å²) in [5.74, 6) is 0.724. The van der Waals surface area contributed by atoms with Gasteiger partial charge in [0.05, 0.1) is 22.2 Å². The van der Waals surface area contributed by atoms with Crippen molar-refractivity contribution in [2.75, 3.05) is 6.61 Å². The molecule has 2 heterocycles. The van der Waals surface area contributed by atoms with E-state index in [2.05, 4.69) is 4.98 Å².